The van der Waals surface area contributed by atoms with Gasteiger partial charge in [0.05, 0.1) is 16.9 Å². The summed E-state index contributed by atoms with van der Waals surface area (Å²) in [5, 5.41) is 5.65. The second-order valence-corrected chi connectivity index (χ2v) is 5.44. The maximum Gasteiger partial charge on any atom is 0.253 e. The van der Waals surface area contributed by atoms with Gasteiger partial charge in [-0.25, -0.2) is 9.50 Å². The van der Waals surface area contributed by atoms with E-state index in [2.05, 4.69) is 27.2 Å². The lowest BCUT2D eigenvalue weighted by atomic mass is 10.2. The van der Waals surface area contributed by atoms with Crippen molar-refractivity contribution in [2.24, 2.45) is 0 Å². The summed E-state index contributed by atoms with van der Waals surface area (Å²) < 4.78 is 1.61. The quantitative estimate of drug-likeness (QED) is 0.694. The Morgan fingerprint density at radius 1 is 1.21 bits per heavy atom. The molecule has 0 aliphatic carbocycles. The summed E-state index contributed by atoms with van der Waals surface area (Å²) in [6.45, 7) is 1.85. The fraction of sp³-hybridized carbons (Fsp3) is 0.154. The zero-order valence-electron chi connectivity index (χ0n) is 10.2. The largest absolute Gasteiger partial charge is 0.253 e. The zero-order valence-corrected chi connectivity index (χ0v) is 11.8. The number of benzene rings is 1. The number of thioether (sulfide) groups is 1. The summed E-state index contributed by atoms with van der Waals surface area (Å²) >= 11 is 7.60. The normalized spacial score (nSPS) is 11.1. The van der Waals surface area contributed by atoms with E-state index in [9.17, 15) is 0 Å². The first-order valence-corrected chi connectivity index (χ1v) is 7.15. The van der Waals surface area contributed by atoms with Gasteiger partial charge in [-0.15, -0.1) is 5.10 Å². The smallest absolute Gasteiger partial charge is 0.215 e. The zero-order chi connectivity index (χ0) is 13.2. The Morgan fingerprint density at radius 2 is 2.00 bits per heavy atom. The predicted molar refractivity (Wildman–Crippen MR) is 76.5 cm³/mol. The molecule has 2 heterocycles. The van der Waals surface area contributed by atoms with E-state index in [0.29, 0.717) is 16.0 Å². The number of nitrogens with zero attached hydrogens (tertiary/aromatic N) is 4. The topological polar surface area (TPSA) is 43.1 Å². The molecule has 0 aliphatic heterocycles. The predicted octanol–water partition coefficient (Wildman–Crippen LogP) is 3.38. The molecule has 0 amide bonds. The monoisotopic (exact) mass is 290 g/mol. The Bertz CT molecular complexity index is 672. The van der Waals surface area contributed by atoms with Crippen molar-refractivity contribution in [3.63, 3.8) is 0 Å². The van der Waals surface area contributed by atoms with Crippen LogP contribution in [0.25, 0.3) is 5.78 Å². The number of aryl methyl sites for hydroxylation is 1. The fourth-order valence-electron chi connectivity index (χ4n) is 1.65. The molecule has 19 heavy (non-hydrogen) atoms. The molecule has 0 aliphatic rings. The second kappa shape index (κ2) is 5.19. The molecule has 0 unspecified atom stereocenters. The van der Waals surface area contributed by atoms with E-state index in [1.54, 1.807) is 22.5 Å². The van der Waals surface area contributed by atoms with Gasteiger partial charge in [-0.05, 0) is 12.5 Å². The van der Waals surface area contributed by atoms with Gasteiger partial charge in [0.15, 0.2) is 0 Å². The van der Waals surface area contributed by atoms with E-state index in [-0.39, 0.29) is 0 Å². The van der Waals surface area contributed by atoms with Crippen LogP contribution in [0.1, 0.15) is 11.3 Å². The Balaban J connectivity index is 1.82. The number of halogens is 1. The van der Waals surface area contributed by atoms with Crippen LogP contribution in [0, 0.1) is 6.92 Å². The highest BCUT2D eigenvalue weighted by Crippen LogP contribution is 2.20. The van der Waals surface area contributed by atoms with E-state index in [0.717, 1.165) is 11.4 Å². The molecule has 0 saturated carbocycles. The standard InChI is InChI=1S/C13H11ClN4S/c1-9-11(14)7-18-12(15-9)16-13(17-18)19-8-10-5-3-2-4-6-10/h2-7H,8H2,1H3. The average Bonchev–Trinajstić information content (AvgIpc) is 2.80. The van der Waals surface area contributed by atoms with Gasteiger partial charge in [-0.2, -0.15) is 4.98 Å². The number of aromatic nitrogens is 4. The lowest BCUT2D eigenvalue weighted by Crippen LogP contribution is -1.93. The first kappa shape index (κ1) is 12.4. The SMILES string of the molecule is Cc1nc2nc(SCc3ccccc3)nn2cc1Cl. The van der Waals surface area contributed by atoms with Crippen molar-refractivity contribution in [1.29, 1.82) is 0 Å². The molecule has 3 rings (SSSR count). The maximum atomic E-state index is 6.01. The first-order chi connectivity index (χ1) is 9.22. The van der Waals surface area contributed by atoms with Crippen molar-refractivity contribution in [3.8, 4) is 0 Å². The number of rotatable bonds is 3. The van der Waals surface area contributed by atoms with E-state index in [4.69, 9.17) is 11.6 Å². The molecule has 0 N–H and O–H groups in total. The van der Waals surface area contributed by atoms with Crippen LogP contribution >= 0.6 is 23.4 Å². The van der Waals surface area contributed by atoms with Crippen molar-refractivity contribution in [3.05, 3.63) is 52.8 Å². The molecule has 2 aromatic heterocycles. The van der Waals surface area contributed by atoms with Crippen LogP contribution in [0.4, 0.5) is 0 Å². The van der Waals surface area contributed by atoms with Gasteiger partial charge in [-0.3, -0.25) is 0 Å². The molecular weight excluding hydrogens is 280 g/mol. The Labute approximate surface area is 119 Å². The molecule has 0 atom stereocenters. The van der Waals surface area contributed by atoms with Crippen molar-refractivity contribution < 1.29 is 0 Å². The Morgan fingerprint density at radius 3 is 2.79 bits per heavy atom. The molecule has 0 saturated heterocycles. The van der Waals surface area contributed by atoms with E-state index < -0.39 is 0 Å². The van der Waals surface area contributed by atoms with Crippen molar-refractivity contribution >= 4 is 29.1 Å². The molecule has 4 nitrogen and oxygen atoms in total. The third kappa shape index (κ3) is 2.72. The van der Waals surface area contributed by atoms with Gasteiger partial charge in [-0.1, -0.05) is 53.7 Å². The van der Waals surface area contributed by atoms with Crippen molar-refractivity contribution in [2.45, 2.75) is 17.8 Å². The minimum absolute atomic E-state index is 0.581. The van der Waals surface area contributed by atoms with E-state index >= 15 is 0 Å². The summed E-state index contributed by atoms with van der Waals surface area (Å²) in [7, 11) is 0. The summed E-state index contributed by atoms with van der Waals surface area (Å²) in [6, 6.07) is 10.2. The van der Waals surface area contributed by atoms with Crippen molar-refractivity contribution in [2.75, 3.05) is 0 Å². The second-order valence-electron chi connectivity index (χ2n) is 4.09. The highest BCUT2D eigenvalue weighted by atomic mass is 35.5. The molecule has 1 aromatic carbocycles. The van der Waals surface area contributed by atoms with Crippen LogP contribution in [0.3, 0.4) is 0 Å². The van der Waals surface area contributed by atoms with Crippen LogP contribution in [-0.2, 0) is 5.75 Å². The van der Waals surface area contributed by atoms with Crippen LogP contribution in [0.5, 0.6) is 0 Å². The third-order valence-corrected chi connectivity index (χ3v) is 3.93. The van der Waals surface area contributed by atoms with E-state index in [1.807, 2.05) is 25.1 Å². The maximum absolute atomic E-state index is 6.01. The molecule has 3 aromatic rings. The van der Waals surface area contributed by atoms with Gasteiger partial charge in [0.25, 0.3) is 5.78 Å². The molecule has 0 radical (unpaired) electrons. The summed E-state index contributed by atoms with van der Waals surface area (Å²) in [6.07, 6.45) is 1.73. The molecule has 0 fully saturated rings. The van der Waals surface area contributed by atoms with Gasteiger partial charge in [0, 0.05) is 5.75 Å². The third-order valence-electron chi connectivity index (χ3n) is 2.65. The van der Waals surface area contributed by atoms with E-state index in [1.165, 1.54) is 5.56 Å². The van der Waals surface area contributed by atoms with Crippen molar-refractivity contribution in [1.82, 2.24) is 19.6 Å². The minimum atomic E-state index is 0.581. The van der Waals surface area contributed by atoms with Crippen LogP contribution in [0.15, 0.2) is 41.7 Å². The number of hydrogen-bond acceptors (Lipinski definition) is 4. The molecule has 0 bridgehead atoms. The average molecular weight is 291 g/mol. The van der Waals surface area contributed by atoms with Crippen LogP contribution in [0.2, 0.25) is 5.02 Å². The molecule has 0 spiro atoms. The molecular formula is C13H11ClN4S. The fourth-order valence-corrected chi connectivity index (χ4v) is 2.56. The minimum Gasteiger partial charge on any atom is -0.215 e. The van der Waals surface area contributed by atoms with Gasteiger partial charge in [0.1, 0.15) is 0 Å². The summed E-state index contributed by atoms with van der Waals surface area (Å²) in [4.78, 5) is 8.67. The molecule has 96 valence electrons. The van der Waals surface area contributed by atoms with Gasteiger partial charge in [0.2, 0.25) is 5.16 Å². The first-order valence-electron chi connectivity index (χ1n) is 5.78. The van der Waals surface area contributed by atoms with Crippen LogP contribution < -0.4 is 0 Å². The highest BCUT2D eigenvalue weighted by molar-refractivity contribution is 7.98. The molecule has 6 heteroatoms. The van der Waals surface area contributed by atoms with Gasteiger partial charge < -0.3 is 0 Å². The number of hydrogen-bond donors (Lipinski definition) is 0. The Hall–Kier alpha value is -1.59. The Kier molecular flexibility index (Phi) is 3.40. The van der Waals surface area contributed by atoms with Gasteiger partial charge >= 0.3 is 0 Å². The lowest BCUT2D eigenvalue weighted by Gasteiger charge is -1.96. The highest BCUT2D eigenvalue weighted by Gasteiger charge is 2.08. The summed E-state index contributed by atoms with van der Waals surface area (Å²) in [5.74, 6) is 1.42. The van der Waals surface area contributed by atoms with Crippen LogP contribution in [-0.4, -0.2) is 19.6 Å². The lowest BCUT2D eigenvalue weighted by molar-refractivity contribution is 0.875. The summed E-state index contributed by atoms with van der Waals surface area (Å²) in [5.41, 5.74) is 2.01. The number of fused-ring (bicyclic) bond motifs is 1.